The van der Waals surface area contributed by atoms with Crippen LogP contribution in [0.15, 0.2) is 12.2 Å². The zero-order chi connectivity index (χ0) is 10.2. The van der Waals surface area contributed by atoms with Gasteiger partial charge in [-0.15, -0.1) is 0 Å². The highest BCUT2D eigenvalue weighted by atomic mass is 16.3. The molecule has 78 valence electrons. The van der Waals surface area contributed by atoms with Gasteiger partial charge in [0, 0.05) is 6.61 Å². The van der Waals surface area contributed by atoms with Gasteiger partial charge in [0.05, 0.1) is 12.1 Å². The van der Waals surface area contributed by atoms with Crippen LogP contribution in [0.4, 0.5) is 0 Å². The molecule has 0 bridgehead atoms. The lowest BCUT2D eigenvalue weighted by Crippen LogP contribution is -2.36. The molecule has 0 aromatic carbocycles. The molecule has 14 heavy (non-hydrogen) atoms. The van der Waals surface area contributed by atoms with E-state index in [1.165, 1.54) is 0 Å². The van der Waals surface area contributed by atoms with Crippen molar-refractivity contribution in [1.29, 1.82) is 5.26 Å². The Morgan fingerprint density at radius 1 is 1.57 bits per heavy atom. The molecule has 3 nitrogen and oxygen atoms in total. The van der Waals surface area contributed by atoms with Crippen molar-refractivity contribution in [3.8, 4) is 6.07 Å². The molecule has 1 aliphatic rings. The largest absolute Gasteiger partial charge is 0.396 e. The van der Waals surface area contributed by atoms with E-state index in [-0.39, 0.29) is 12.6 Å². The number of rotatable bonds is 5. The Balaban J connectivity index is 2.30. The molecule has 0 saturated carbocycles. The minimum atomic E-state index is -0.0495. The van der Waals surface area contributed by atoms with Crippen molar-refractivity contribution in [3.05, 3.63) is 12.2 Å². The molecule has 0 aliphatic heterocycles. The van der Waals surface area contributed by atoms with Crippen molar-refractivity contribution in [2.75, 3.05) is 13.2 Å². The number of hydrogen-bond acceptors (Lipinski definition) is 3. The highest BCUT2D eigenvalue weighted by Gasteiger charge is 2.20. The molecule has 2 unspecified atom stereocenters. The fourth-order valence-corrected chi connectivity index (χ4v) is 1.77. The van der Waals surface area contributed by atoms with Crippen molar-refractivity contribution in [1.82, 2.24) is 5.32 Å². The van der Waals surface area contributed by atoms with Gasteiger partial charge in [0.1, 0.15) is 0 Å². The highest BCUT2D eigenvalue weighted by molar-refractivity contribution is 5.01. The Labute approximate surface area is 85.4 Å². The lowest BCUT2D eigenvalue weighted by Gasteiger charge is -2.23. The van der Waals surface area contributed by atoms with E-state index in [4.69, 9.17) is 10.4 Å². The standard InChI is InChI=1S/C11H18N2O/c12-9-11(13-7-4-8-14)10-5-2-1-3-6-10/h1-2,10-11,13-14H,3-8H2. The van der Waals surface area contributed by atoms with Crippen LogP contribution in [0.3, 0.4) is 0 Å². The monoisotopic (exact) mass is 194 g/mol. The number of aliphatic hydroxyl groups excluding tert-OH is 1. The van der Waals surface area contributed by atoms with E-state index < -0.39 is 0 Å². The first-order valence-corrected chi connectivity index (χ1v) is 5.27. The molecular weight excluding hydrogens is 176 g/mol. The molecule has 1 rings (SSSR count). The van der Waals surface area contributed by atoms with Crippen LogP contribution >= 0.6 is 0 Å². The summed E-state index contributed by atoms with van der Waals surface area (Å²) in [6, 6.07) is 2.25. The highest BCUT2D eigenvalue weighted by Crippen LogP contribution is 2.21. The number of hydrogen-bond donors (Lipinski definition) is 2. The fourth-order valence-electron chi connectivity index (χ4n) is 1.77. The average molecular weight is 194 g/mol. The molecule has 2 N–H and O–H groups in total. The van der Waals surface area contributed by atoms with E-state index in [1.54, 1.807) is 0 Å². The van der Waals surface area contributed by atoms with Crippen LogP contribution < -0.4 is 5.32 Å². The molecule has 0 radical (unpaired) electrons. The van der Waals surface area contributed by atoms with E-state index in [2.05, 4.69) is 23.5 Å². The van der Waals surface area contributed by atoms with Gasteiger partial charge in [-0.25, -0.2) is 0 Å². The van der Waals surface area contributed by atoms with Crippen LogP contribution in [0.5, 0.6) is 0 Å². The maximum atomic E-state index is 8.98. The maximum absolute atomic E-state index is 8.98. The second-order valence-electron chi connectivity index (χ2n) is 3.68. The molecule has 0 aromatic rings. The maximum Gasteiger partial charge on any atom is 0.0984 e. The van der Waals surface area contributed by atoms with Crippen molar-refractivity contribution in [2.24, 2.45) is 5.92 Å². The van der Waals surface area contributed by atoms with Gasteiger partial charge < -0.3 is 10.4 Å². The topological polar surface area (TPSA) is 56.0 Å². The minimum Gasteiger partial charge on any atom is -0.396 e. The van der Waals surface area contributed by atoms with Crippen molar-refractivity contribution < 1.29 is 5.11 Å². The Hall–Kier alpha value is -0.850. The first-order chi connectivity index (χ1) is 6.88. The summed E-state index contributed by atoms with van der Waals surface area (Å²) in [6.45, 7) is 0.921. The van der Waals surface area contributed by atoms with Gasteiger partial charge in [-0.05, 0) is 38.1 Å². The van der Waals surface area contributed by atoms with Crippen LogP contribution in [0.2, 0.25) is 0 Å². The first-order valence-electron chi connectivity index (χ1n) is 5.27. The lowest BCUT2D eigenvalue weighted by molar-refractivity contribution is 0.279. The van der Waals surface area contributed by atoms with Crippen molar-refractivity contribution >= 4 is 0 Å². The molecule has 0 saturated heterocycles. The van der Waals surface area contributed by atoms with Gasteiger partial charge in [0.15, 0.2) is 0 Å². The third-order valence-electron chi connectivity index (χ3n) is 2.62. The summed E-state index contributed by atoms with van der Waals surface area (Å²) < 4.78 is 0. The number of nitriles is 1. The molecule has 1 aliphatic carbocycles. The summed E-state index contributed by atoms with van der Waals surface area (Å²) in [5, 5.41) is 20.8. The van der Waals surface area contributed by atoms with Crippen LogP contribution in [0, 0.1) is 17.2 Å². The van der Waals surface area contributed by atoms with E-state index >= 15 is 0 Å². The first kappa shape index (κ1) is 11.2. The predicted octanol–water partition coefficient (Wildman–Crippen LogP) is 1.21. The average Bonchev–Trinajstić information content (AvgIpc) is 2.26. The summed E-state index contributed by atoms with van der Waals surface area (Å²) in [4.78, 5) is 0. The van der Waals surface area contributed by atoms with Crippen LogP contribution in [-0.4, -0.2) is 24.3 Å². The Kier molecular flexibility index (Phi) is 5.28. The quantitative estimate of drug-likeness (QED) is 0.511. The predicted molar refractivity (Wildman–Crippen MR) is 55.6 cm³/mol. The van der Waals surface area contributed by atoms with E-state index in [9.17, 15) is 0 Å². The number of nitrogens with one attached hydrogen (secondary N) is 1. The second-order valence-corrected chi connectivity index (χ2v) is 3.68. The van der Waals surface area contributed by atoms with Gasteiger partial charge in [-0.2, -0.15) is 5.26 Å². The molecular formula is C11H18N2O. The minimum absolute atomic E-state index is 0.0495. The van der Waals surface area contributed by atoms with Crippen LogP contribution in [0.25, 0.3) is 0 Å². The van der Waals surface area contributed by atoms with Gasteiger partial charge in [-0.1, -0.05) is 12.2 Å². The summed E-state index contributed by atoms with van der Waals surface area (Å²) in [5.41, 5.74) is 0. The van der Waals surface area contributed by atoms with Crippen molar-refractivity contribution in [2.45, 2.75) is 31.7 Å². The number of allylic oxidation sites excluding steroid dienone is 2. The Bertz CT molecular complexity index is 220. The summed E-state index contributed by atoms with van der Waals surface area (Å²) in [6.07, 6.45) is 8.25. The Morgan fingerprint density at radius 3 is 3.00 bits per heavy atom. The van der Waals surface area contributed by atoms with E-state index in [0.29, 0.717) is 5.92 Å². The fraction of sp³-hybridized carbons (Fsp3) is 0.727. The van der Waals surface area contributed by atoms with E-state index in [1.807, 2.05) is 0 Å². The smallest absolute Gasteiger partial charge is 0.0984 e. The van der Waals surface area contributed by atoms with Gasteiger partial charge in [0.2, 0.25) is 0 Å². The molecule has 3 heteroatoms. The summed E-state index contributed by atoms with van der Waals surface area (Å²) in [7, 11) is 0. The molecule has 0 fully saturated rings. The van der Waals surface area contributed by atoms with Gasteiger partial charge >= 0.3 is 0 Å². The molecule has 0 heterocycles. The van der Waals surface area contributed by atoms with Gasteiger partial charge in [-0.3, -0.25) is 0 Å². The zero-order valence-electron chi connectivity index (χ0n) is 8.45. The molecule has 0 spiro atoms. The SMILES string of the molecule is N#CC(NCCCO)C1CC=CCC1. The number of aliphatic hydroxyl groups is 1. The lowest BCUT2D eigenvalue weighted by atomic mass is 9.88. The number of nitrogens with zero attached hydrogens (tertiary/aromatic N) is 1. The summed E-state index contributed by atoms with van der Waals surface area (Å²) >= 11 is 0. The molecule has 2 atom stereocenters. The molecule has 0 amide bonds. The summed E-state index contributed by atoms with van der Waals surface area (Å²) in [5.74, 6) is 0.448. The van der Waals surface area contributed by atoms with E-state index in [0.717, 1.165) is 32.2 Å². The van der Waals surface area contributed by atoms with Crippen LogP contribution in [-0.2, 0) is 0 Å². The zero-order valence-corrected chi connectivity index (χ0v) is 8.45. The third kappa shape index (κ3) is 3.49. The molecule has 0 aromatic heterocycles. The second kappa shape index (κ2) is 6.58. The van der Waals surface area contributed by atoms with Gasteiger partial charge in [0.25, 0.3) is 0 Å². The van der Waals surface area contributed by atoms with Crippen LogP contribution in [0.1, 0.15) is 25.7 Å². The Morgan fingerprint density at radius 2 is 2.43 bits per heavy atom. The van der Waals surface area contributed by atoms with Crippen molar-refractivity contribution in [3.63, 3.8) is 0 Å². The third-order valence-corrected chi connectivity index (χ3v) is 2.62. The normalized spacial score (nSPS) is 23.0.